The van der Waals surface area contributed by atoms with E-state index in [2.05, 4.69) is 20.9 Å². The van der Waals surface area contributed by atoms with Crippen molar-refractivity contribution in [2.24, 2.45) is 4.99 Å². The van der Waals surface area contributed by atoms with E-state index in [9.17, 15) is 4.79 Å². The fourth-order valence-electron chi connectivity index (χ4n) is 2.48. The van der Waals surface area contributed by atoms with Gasteiger partial charge in [0.25, 0.3) is 5.91 Å². The van der Waals surface area contributed by atoms with Gasteiger partial charge >= 0.3 is 0 Å². The van der Waals surface area contributed by atoms with Crippen LogP contribution in [-0.4, -0.2) is 51.3 Å². The van der Waals surface area contributed by atoms with Crippen molar-refractivity contribution in [2.75, 3.05) is 33.3 Å². The van der Waals surface area contributed by atoms with E-state index in [-0.39, 0.29) is 36.0 Å². The number of amides is 1. The third-order valence-corrected chi connectivity index (χ3v) is 3.73. The topological polar surface area (TPSA) is 74.8 Å². The van der Waals surface area contributed by atoms with Gasteiger partial charge in [0.15, 0.2) is 5.96 Å². The van der Waals surface area contributed by atoms with Gasteiger partial charge in [0.05, 0.1) is 6.10 Å². The Hall–Kier alpha value is -1.35. The first-order valence-corrected chi connectivity index (χ1v) is 8.10. The maximum Gasteiger partial charge on any atom is 0.251 e. The van der Waals surface area contributed by atoms with E-state index in [1.807, 2.05) is 31.2 Å². The smallest absolute Gasteiger partial charge is 0.251 e. The molecule has 2 rings (SSSR count). The molecule has 1 fully saturated rings. The Morgan fingerprint density at radius 3 is 2.75 bits per heavy atom. The van der Waals surface area contributed by atoms with Crippen LogP contribution in [-0.2, 0) is 4.74 Å². The Kier molecular flexibility index (Phi) is 9.70. The van der Waals surface area contributed by atoms with Gasteiger partial charge < -0.3 is 20.7 Å². The Morgan fingerprint density at radius 1 is 1.29 bits per heavy atom. The Balaban J connectivity index is 0.00000288. The van der Waals surface area contributed by atoms with Gasteiger partial charge in [-0.15, -0.1) is 24.0 Å². The average Bonchev–Trinajstić information content (AvgIpc) is 3.07. The number of benzene rings is 1. The lowest BCUT2D eigenvalue weighted by Crippen LogP contribution is -2.43. The number of guanidine groups is 1. The minimum absolute atomic E-state index is 0. The van der Waals surface area contributed by atoms with Crippen molar-refractivity contribution in [1.82, 2.24) is 16.0 Å². The van der Waals surface area contributed by atoms with Crippen LogP contribution in [0.25, 0.3) is 0 Å². The molecule has 0 bridgehead atoms. The van der Waals surface area contributed by atoms with Crippen molar-refractivity contribution >= 4 is 35.8 Å². The first-order valence-electron chi connectivity index (χ1n) is 8.10. The number of carbonyl (C=O) groups is 1. The van der Waals surface area contributed by atoms with E-state index < -0.39 is 0 Å². The van der Waals surface area contributed by atoms with Gasteiger partial charge in [0.2, 0.25) is 0 Å². The van der Waals surface area contributed by atoms with Gasteiger partial charge in [-0.2, -0.15) is 0 Å². The number of halogens is 1. The van der Waals surface area contributed by atoms with Gasteiger partial charge in [-0.05, 0) is 31.9 Å². The predicted molar refractivity (Wildman–Crippen MR) is 107 cm³/mol. The summed E-state index contributed by atoms with van der Waals surface area (Å²) in [5.41, 5.74) is 1.76. The second kappa shape index (κ2) is 11.2. The molecule has 1 heterocycles. The molecule has 134 valence electrons. The SMILES string of the molecule is CN=C(NCCNC(=O)c1cccc(C)c1)NCC1CCCO1.I. The van der Waals surface area contributed by atoms with Crippen molar-refractivity contribution in [2.45, 2.75) is 25.9 Å². The quantitative estimate of drug-likeness (QED) is 0.269. The van der Waals surface area contributed by atoms with Gasteiger partial charge in [0, 0.05) is 38.9 Å². The van der Waals surface area contributed by atoms with Gasteiger partial charge in [-0.1, -0.05) is 17.7 Å². The van der Waals surface area contributed by atoms with Crippen LogP contribution in [0.3, 0.4) is 0 Å². The average molecular weight is 446 g/mol. The minimum atomic E-state index is -0.0576. The Morgan fingerprint density at radius 2 is 2.08 bits per heavy atom. The third kappa shape index (κ3) is 7.04. The van der Waals surface area contributed by atoms with E-state index in [1.165, 1.54) is 0 Å². The molecule has 7 heteroatoms. The lowest BCUT2D eigenvalue weighted by molar-refractivity contribution is 0.0954. The van der Waals surface area contributed by atoms with Crippen LogP contribution < -0.4 is 16.0 Å². The molecular formula is C17H27IN4O2. The second-order valence-corrected chi connectivity index (χ2v) is 5.64. The first-order chi connectivity index (χ1) is 11.2. The van der Waals surface area contributed by atoms with Crippen LogP contribution in [0.5, 0.6) is 0 Å². The fourth-order valence-corrected chi connectivity index (χ4v) is 2.48. The number of hydrogen-bond donors (Lipinski definition) is 3. The molecule has 1 aromatic rings. The summed E-state index contributed by atoms with van der Waals surface area (Å²) in [5.74, 6) is 0.670. The summed E-state index contributed by atoms with van der Waals surface area (Å²) in [7, 11) is 1.73. The summed E-state index contributed by atoms with van der Waals surface area (Å²) in [6.07, 6.45) is 2.49. The normalized spacial score (nSPS) is 17.1. The molecule has 1 unspecified atom stereocenters. The lowest BCUT2D eigenvalue weighted by atomic mass is 10.1. The highest BCUT2D eigenvalue weighted by molar-refractivity contribution is 14.0. The van der Waals surface area contributed by atoms with Gasteiger partial charge in [-0.3, -0.25) is 9.79 Å². The molecule has 1 atom stereocenters. The van der Waals surface area contributed by atoms with E-state index >= 15 is 0 Å². The minimum Gasteiger partial charge on any atom is -0.376 e. The number of ether oxygens (including phenoxy) is 1. The summed E-state index contributed by atoms with van der Waals surface area (Å²) >= 11 is 0. The number of aliphatic imine (C=N–C) groups is 1. The first kappa shape index (κ1) is 20.7. The lowest BCUT2D eigenvalue weighted by Gasteiger charge is -2.15. The molecule has 24 heavy (non-hydrogen) atoms. The monoisotopic (exact) mass is 446 g/mol. The van der Waals surface area contributed by atoms with E-state index in [0.29, 0.717) is 18.7 Å². The molecule has 6 nitrogen and oxygen atoms in total. The fraction of sp³-hybridized carbons (Fsp3) is 0.529. The summed E-state index contributed by atoms with van der Waals surface area (Å²) in [4.78, 5) is 16.2. The van der Waals surface area contributed by atoms with E-state index in [1.54, 1.807) is 7.05 Å². The van der Waals surface area contributed by atoms with Crippen LogP contribution in [0.2, 0.25) is 0 Å². The van der Waals surface area contributed by atoms with E-state index in [0.717, 1.165) is 37.5 Å². The highest BCUT2D eigenvalue weighted by Crippen LogP contribution is 2.10. The molecule has 1 aliphatic heterocycles. The molecule has 3 N–H and O–H groups in total. The molecule has 1 aliphatic rings. The number of nitrogens with one attached hydrogen (secondary N) is 3. The predicted octanol–water partition coefficient (Wildman–Crippen LogP) is 1.69. The Bertz CT molecular complexity index is 545. The number of nitrogens with zero attached hydrogens (tertiary/aromatic N) is 1. The van der Waals surface area contributed by atoms with E-state index in [4.69, 9.17) is 4.74 Å². The number of aryl methyl sites for hydroxylation is 1. The number of carbonyl (C=O) groups excluding carboxylic acids is 1. The zero-order valence-electron chi connectivity index (χ0n) is 14.3. The molecule has 1 amide bonds. The number of rotatable bonds is 6. The summed E-state index contributed by atoms with van der Waals surface area (Å²) in [6, 6.07) is 7.56. The second-order valence-electron chi connectivity index (χ2n) is 5.64. The van der Waals surface area contributed by atoms with Crippen LogP contribution >= 0.6 is 24.0 Å². The highest BCUT2D eigenvalue weighted by Gasteiger charge is 2.15. The van der Waals surface area contributed by atoms with Crippen molar-refractivity contribution < 1.29 is 9.53 Å². The molecule has 0 radical (unpaired) electrons. The van der Waals surface area contributed by atoms with Crippen LogP contribution in [0.4, 0.5) is 0 Å². The Labute approximate surface area is 160 Å². The maximum atomic E-state index is 12.0. The van der Waals surface area contributed by atoms with Crippen molar-refractivity contribution in [3.63, 3.8) is 0 Å². The largest absolute Gasteiger partial charge is 0.376 e. The van der Waals surface area contributed by atoms with Crippen LogP contribution in [0, 0.1) is 6.92 Å². The molecule has 0 saturated carbocycles. The molecular weight excluding hydrogens is 419 g/mol. The van der Waals surface area contributed by atoms with Crippen LogP contribution in [0.15, 0.2) is 29.3 Å². The zero-order valence-corrected chi connectivity index (χ0v) is 16.6. The maximum absolute atomic E-state index is 12.0. The van der Waals surface area contributed by atoms with Crippen molar-refractivity contribution in [3.05, 3.63) is 35.4 Å². The summed E-state index contributed by atoms with van der Waals surface area (Å²) < 4.78 is 5.56. The molecule has 0 aromatic heterocycles. The molecule has 0 spiro atoms. The van der Waals surface area contributed by atoms with Crippen molar-refractivity contribution in [1.29, 1.82) is 0 Å². The number of hydrogen-bond acceptors (Lipinski definition) is 3. The third-order valence-electron chi connectivity index (χ3n) is 3.73. The van der Waals surface area contributed by atoms with Crippen LogP contribution in [0.1, 0.15) is 28.8 Å². The molecule has 0 aliphatic carbocycles. The highest BCUT2D eigenvalue weighted by atomic mass is 127. The summed E-state index contributed by atoms with van der Waals surface area (Å²) in [6.45, 7) is 4.73. The summed E-state index contributed by atoms with van der Waals surface area (Å²) in [5, 5.41) is 9.31. The standard InChI is InChI=1S/C17H26N4O2.HI/c1-13-5-3-6-14(11-13)16(22)19-8-9-20-17(18-2)21-12-15-7-4-10-23-15;/h3,5-6,11,15H,4,7-10,12H2,1-2H3,(H,19,22)(H2,18,20,21);1H. The molecule has 1 saturated heterocycles. The van der Waals surface area contributed by atoms with Gasteiger partial charge in [-0.25, -0.2) is 0 Å². The van der Waals surface area contributed by atoms with Crippen molar-refractivity contribution in [3.8, 4) is 0 Å². The van der Waals surface area contributed by atoms with Gasteiger partial charge in [0.1, 0.15) is 0 Å². The zero-order chi connectivity index (χ0) is 16.5. The molecule has 1 aromatic carbocycles.